The molecule has 2 aliphatic carbocycles. The van der Waals surface area contributed by atoms with Crippen LogP contribution in [-0.2, 0) is 19.4 Å². The van der Waals surface area contributed by atoms with E-state index in [4.69, 9.17) is 17.0 Å². The summed E-state index contributed by atoms with van der Waals surface area (Å²) >= 11 is -2.49. The molecule has 0 heterocycles. The van der Waals surface area contributed by atoms with Crippen molar-refractivity contribution >= 4 is 33.9 Å². The minimum atomic E-state index is -2.49. The predicted octanol–water partition coefficient (Wildman–Crippen LogP) is 9.23. The summed E-state index contributed by atoms with van der Waals surface area (Å²) in [6.07, 6.45) is 11.9. The minimum absolute atomic E-state index is 0.314. The van der Waals surface area contributed by atoms with Gasteiger partial charge >= 0.3 is 196 Å². The van der Waals surface area contributed by atoms with E-state index in [-0.39, 0.29) is 0 Å². The Bertz CT molecular complexity index is 1080. The number of hydrogen-bond donors (Lipinski definition) is 0. The summed E-state index contributed by atoms with van der Waals surface area (Å²) in [5.74, 6) is 0.802. The van der Waals surface area contributed by atoms with Gasteiger partial charge in [-0.05, 0) is 0 Å². The molecule has 5 rings (SSSR count). The molecule has 3 heteroatoms. The zero-order valence-electron chi connectivity index (χ0n) is 17.2. The van der Waals surface area contributed by atoms with Gasteiger partial charge in [0.15, 0.2) is 0 Å². The Labute approximate surface area is 195 Å². The van der Waals surface area contributed by atoms with Crippen molar-refractivity contribution in [2.75, 3.05) is 0 Å². The van der Waals surface area contributed by atoms with Crippen LogP contribution in [0.1, 0.15) is 59.7 Å². The van der Waals surface area contributed by atoms with Gasteiger partial charge in [-0.3, -0.25) is 0 Å². The maximum absolute atomic E-state index is 6.75. The van der Waals surface area contributed by atoms with Crippen LogP contribution in [0, 0.1) is 5.92 Å². The van der Waals surface area contributed by atoms with Crippen molar-refractivity contribution in [1.29, 1.82) is 0 Å². The summed E-state index contributed by atoms with van der Waals surface area (Å²) in [5.41, 5.74) is 6.86. The summed E-state index contributed by atoms with van der Waals surface area (Å²) < 4.78 is 0.314. The van der Waals surface area contributed by atoms with Gasteiger partial charge in [0.25, 0.3) is 0 Å². The quantitative estimate of drug-likeness (QED) is 0.305. The molecule has 2 aliphatic rings. The number of benzene rings is 3. The van der Waals surface area contributed by atoms with Crippen LogP contribution in [0.5, 0.6) is 0 Å². The van der Waals surface area contributed by atoms with Crippen LogP contribution >= 0.6 is 17.0 Å². The molecule has 0 aromatic heterocycles. The number of halogens is 2. The zero-order chi connectivity index (χ0) is 20.5. The van der Waals surface area contributed by atoms with Crippen LogP contribution in [0.25, 0.3) is 28.0 Å². The SMILES string of the molecule is [Cl][Zr]([Cl])[CH]1C(CC2CCCCCC2)=Cc2c(-c3ccc4ccccc4c3)cccc21. The van der Waals surface area contributed by atoms with E-state index in [0.717, 1.165) is 5.92 Å². The summed E-state index contributed by atoms with van der Waals surface area (Å²) in [6.45, 7) is 0. The van der Waals surface area contributed by atoms with Gasteiger partial charge in [-0.1, -0.05) is 0 Å². The maximum atomic E-state index is 6.75. The van der Waals surface area contributed by atoms with Gasteiger partial charge in [0, 0.05) is 0 Å². The molecule has 1 saturated carbocycles. The second-order valence-electron chi connectivity index (χ2n) is 8.87. The number of fused-ring (bicyclic) bond motifs is 2. The Morgan fingerprint density at radius 2 is 1.57 bits per heavy atom. The number of rotatable bonds is 4. The van der Waals surface area contributed by atoms with Crippen molar-refractivity contribution in [2.45, 2.75) is 48.6 Å². The van der Waals surface area contributed by atoms with Crippen LogP contribution < -0.4 is 0 Å². The second kappa shape index (κ2) is 9.32. The monoisotopic (exact) mass is 511 g/mol. The Kier molecular flexibility index (Phi) is 6.52. The molecule has 3 aromatic carbocycles. The molecule has 0 saturated heterocycles. The summed E-state index contributed by atoms with van der Waals surface area (Å²) in [4.78, 5) is 0. The van der Waals surface area contributed by atoms with Crippen LogP contribution in [0.4, 0.5) is 0 Å². The first-order valence-electron chi connectivity index (χ1n) is 11.2. The van der Waals surface area contributed by atoms with Crippen molar-refractivity contribution in [3.8, 4) is 11.1 Å². The van der Waals surface area contributed by atoms with Crippen molar-refractivity contribution in [3.05, 3.63) is 77.4 Å². The van der Waals surface area contributed by atoms with E-state index in [2.05, 4.69) is 66.7 Å². The molecule has 1 fully saturated rings. The normalized spacial score (nSPS) is 19.4. The van der Waals surface area contributed by atoms with Crippen molar-refractivity contribution in [2.24, 2.45) is 5.92 Å². The van der Waals surface area contributed by atoms with E-state index in [9.17, 15) is 0 Å². The molecular formula is C27H27Cl2Zr. The molecule has 153 valence electrons. The average Bonchev–Trinajstić information content (AvgIpc) is 2.93. The zero-order valence-corrected chi connectivity index (χ0v) is 21.2. The first-order valence-corrected chi connectivity index (χ1v) is 19.0. The first kappa shape index (κ1) is 21.0. The van der Waals surface area contributed by atoms with Crippen molar-refractivity contribution in [1.82, 2.24) is 0 Å². The van der Waals surface area contributed by atoms with Crippen molar-refractivity contribution in [3.63, 3.8) is 0 Å². The van der Waals surface area contributed by atoms with E-state index in [0.29, 0.717) is 3.63 Å². The molecule has 0 bridgehead atoms. The molecule has 0 aliphatic heterocycles. The van der Waals surface area contributed by atoms with E-state index in [1.807, 2.05) is 0 Å². The molecule has 30 heavy (non-hydrogen) atoms. The second-order valence-corrected chi connectivity index (χ2v) is 17.7. The molecule has 1 atom stereocenters. The van der Waals surface area contributed by atoms with E-state index < -0.39 is 19.4 Å². The van der Waals surface area contributed by atoms with Gasteiger partial charge in [0.05, 0.1) is 0 Å². The molecule has 0 amide bonds. The number of allylic oxidation sites excluding steroid dienone is 1. The third-order valence-electron chi connectivity index (χ3n) is 6.93. The molecule has 0 spiro atoms. The molecule has 3 aromatic rings. The Hall–Kier alpha value is -0.877. The predicted molar refractivity (Wildman–Crippen MR) is 128 cm³/mol. The fourth-order valence-electron chi connectivity index (χ4n) is 5.41. The van der Waals surface area contributed by atoms with Crippen LogP contribution in [0.3, 0.4) is 0 Å². The molecule has 0 radical (unpaired) electrons. The topological polar surface area (TPSA) is 0 Å². The average molecular weight is 514 g/mol. The summed E-state index contributed by atoms with van der Waals surface area (Å²) in [5, 5.41) is 2.57. The molecule has 0 nitrogen and oxygen atoms in total. The van der Waals surface area contributed by atoms with Gasteiger partial charge in [0.2, 0.25) is 0 Å². The van der Waals surface area contributed by atoms with Crippen LogP contribution in [0.2, 0.25) is 0 Å². The molecular weight excluding hydrogens is 486 g/mol. The van der Waals surface area contributed by atoms with Gasteiger partial charge in [-0.2, -0.15) is 0 Å². The van der Waals surface area contributed by atoms with E-state index >= 15 is 0 Å². The van der Waals surface area contributed by atoms with E-state index in [1.54, 1.807) is 0 Å². The van der Waals surface area contributed by atoms with Gasteiger partial charge in [-0.15, -0.1) is 0 Å². The Morgan fingerprint density at radius 1 is 0.800 bits per heavy atom. The fraction of sp³-hybridized carbons (Fsp3) is 0.333. The van der Waals surface area contributed by atoms with Gasteiger partial charge in [0.1, 0.15) is 0 Å². The summed E-state index contributed by atoms with van der Waals surface area (Å²) in [7, 11) is 13.5. The van der Waals surface area contributed by atoms with Crippen LogP contribution in [0.15, 0.2) is 66.2 Å². The molecule has 0 N–H and O–H groups in total. The summed E-state index contributed by atoms with van der Waals surface area (Å²) in [6, 6.07) is 22.1. The van der Waals surface area contributed by atoms with Gasteiger partial charge < -0.3 is 0 Å². The number of hydrogen-bond acceptors (Lipinski definition) is 0. The Balaban J connectivity index is 1.54. The van der Waals surface area contributed by atoms with Crippen molar-refractivity contribution < 1.29 is 19.4 Å². The standard InChI is InChI=1S/C27H27.2ClH.Zr/c1-2-4-9-20(8-3-1)16-21-17-24-12-7-13-26(27(24)18-21)25-15-14-22-10-5-6-11-23(22)19-25;;;/h5-7,10-15,17-20H,1-4,8-9,16H2;2*1H;/q;;;+2/p-2. The molecule has 1 unspecified atom stereocenters. The first-order chi connectivity index (χ1) is 14.7. The van der Waals surface area contributed by atoms with E-state index in [1.165, 1.54) is 83.5 Å². The van der Waals surface area contributed by atoms with Gasteiger partial charge in [-0.25, -0.2) is 0 Å². The third-order valence-corrected chi connectivity index (χ3v) is 12.3. The van der Waals surface area contributed by atoms with Crippen LogP contribution in [-0.4, -0.2) is 0 Å². The third kappa shape index (κ3) is 4.23. The Morgan fingerprint density at radius 3 is 2.33 bits per heavy atom. The fourth-order valence-corrected chi connectivity index (χ4v) is 10.8.